The molecule has 2 heterocycles. The minimum Gasteiger partial charge on any atom is -0.453 e. The Balaban J connectivity index is 1.53. The number of benzene rings is 2. The number of Topliss-reactive ketones (excluding diaryl/α,β-unsaturated/α-hetero) is 1. The van der Waals surface area contributed by atoms with E-state index in [9.17, 15) is 4.79 Å². The first-order valence-corrected chi connectivity index (χ1v) is 10.2. The van der Waals surface area contributed by atoms with Crippen LogP contribution < -0.4 is 0 Å². The van der Waals surface area contributed by atoms with Crippen molar-refractivity contribution >= 4 is 56.0 Å². The number of ketones is 1. The van der Waals surface area contributed by atoms with E-state index in [1.165, 1.54) is 11.8 Å². The Labute approximate surface area is 172 Å². The quantitative estimate of drug-likeness (QED) is 0.284. The Morgan fingerprint density at radius 1 is 1.19 bits per heavy atom. The molecule has 0 saturated carbocycles. The van der Waals surface area contributed by atoms with Gasteiger partial charge in [0.2, 0.25) is 0 Å². The number of halogens is 2. The second kappa shape index (κ2) is 7.50. The maximum Gasteiger partial charge on any atom is 0.200 e. The zero-order valence-electron chi connectivity index (χ0n) is 14.1. The molecule has 0 fully saturated rings. The van der Waals surface area contributed by atoms with Crippen molar-refractivity contribution in [1.29, 1.82) is 0 Å². The number of rotatable bonds is 5. The summed E-state index contributed by atoms with van der Waals surface area (Å²) in [5, 5.41) is 10.6. The first-order chi connectivity index (χ1) is 13.0. The smallest absolute Gasteiger partial charge is 0.200 e. The van der Waals surface area contributed by atoms with Gasteiger partial charge in [-0.25, -0.2) is 0 Å². The van der Waals surface area contributed by atoms with Crippen molar-refractivity contribution in [2.24, 2.45) is 7.05 Å². The van der Waals surface area contributed by atoms with Gasteiger partial charge in [-0.1, -0.05) is 51.4 Å². The van der Waals surface area contributed by atoms with Crippen molar-refractivity contribution < 1.29 is 9.21 Å². The van der Waals surface area contributed by atoms with Crippen molar-refractivity contribution in [2.75, 3.05) is 5.75 Å². The lowest BCUT2D eigenvalue weighted by Gasteiger charge is -2.02. The van der Waals surface area contributed by atoms with Crippen LogP contribution in [0.25, 0.3) is 22.6 Å². The fourth-order valence-electron chi connectivity index (χ4n) is 2.63. The van der Waals surface area contributed by atoms with E-state index in [4.69, 9.17) is 16.0 Å². The van der Waals surface area contributed by atoms with Crippen LogP contribution in [0.4, 0.5) is 0 Å². The molecule has 8 heteroatoms. The third-order valence-corrected chi connectivity index (χ3v) is 5.82. The van der Waals surface area contributed by atoms with E-state index in [1.54, 1.807) is 18.2 Å². The van der Waals surface area contributed by atoms with Gasteiger partial charge in [0.25, 0.3) is 0 Å². The summed E-state index contributed by atoms with van der Waals surface area (Å²) in [5.74, 6) is 1.52. The van der Waals surface area contributed by atoms with E-state index < -0.39 is 0 Å². The molecule has 0 aliphatic heterocycles. The molecule has 136 valence electrons. The van der Waals surface area contributed by atoms with E-state index >= 15 is 0 Å². The number of fused-ring (bicyclic) bond motifs is 1. The third kappa shape index (κ3) is 3.81. The van der Waals surface area contributed by atoms with E-state index in [2.05, 4.69) is 26.1 Å². The highest BCUT2D eigenvalue weighted by Gasteiger charge is 2.17. The summed E-state index contributed by atoms with van der Waals surface area (Å²) in [6.07, 6.45) is 0. The van der Waals surface area contributed by atoms with Crippen molar-refractivity contribution in [3.05, 3.63) is 63.6 Å². The van der Waals surface area contributed by atoms with Gasteiger partial charge in [-0.2, -0.15) is 0 Å². The lowest BCUT2D eigenvalue weighted by molar-refractivity contribution is 0.102. The fourth-order valence-corrected chi connectivity index (χ4v) is 3.88. The van der Waals surface area contributed by atoms with Crippen LogP contribution in [0, 0.1) is 0 Å². The minimum atomic E-state index is 0.0374. The van der Waals surface area contributed by atoms with Gasteiger partial charge in [0.15, 0.2) is 22.5 Å². The van der Waals surface area contributed by atoms with Gasteiger partial charge in [0.05, 0.1) is 5.75 Å². The monoisotopic (exact) mass is 461 g/mol. The summed E-state index contributed by atoms with van der Waals surface area (Å²) in [7, 11) is 1.85. The Morgan fingerprint density at radius 2 is 1.96 bits per heavy atom. The van der Waals surface area contributed by atoms with Gasteiger partial charge in [0, 0.05) is 27.5 Å². The largest absolute Gasteiger partial charge is 0.453 e. The maximum absolute atomic E-state index is 12.3. The number of furan rings is 1. The Morgan fingerprint density at radius 3 is 2.74 bits per heavy atom. The standard InChI is InChI=1S/C19H13BrClN3O2S/c1-24-18(17-9-12-8-14(21)6-7-16(12)26-17)22-23-19(24)27-10-15(25)11-2-4-13(20)5-3-11/h2-9H,10H2,1H3. The molecule has 0 aliphatic rings. The minimum absolute atomic E-state index is 0.0374. The number of carbonyl (C=O) groups is 1. The molecule has 0 aliphatic carbocycles. The molecular formula is C19H13BrClN3O2S. The molecule has 4 aromatic rings. The predicted octanol–water partition coefficient (Wildman–Crippen LogP) is 5.62. The van der Waals surface area contributed by atoms with Crippen LogP contribution in [0.15, 0.2) is 62.6 Å². The molecule has 0 amide bonds. The van der Waals surface area contributed by atoms with E-state index in [-0.39, 0.29) is 11.5 Å². The lowest BCUT2D eigenvalue weighted by atomic mass is 10.2. The average molecular weight is 463 g/mol. The van der Waals surface area contributed by atoms with Crippen LogP contribution in [-0.2, 0) is 7.05 Å². The van der Waals surface area contributed by atoms with Gasteiger partial charge in [-0.05, 0) is 36.4 Å². The van der Waals surface area contributed by atoms with Gasteiger partial charge >= 0.3 is 0 Å². The zero-order valence-corrected chi connectivity index (χ0v) is 17.3. The highest BCUT2D eigenvalue weighted by atomic mass is 79.9. The van der Waals surface area contributed by atoms with Gasteiger partial charge in [0.1, 0.15) is 5.58 Å². The van der Waals surface area contributed by atoms with Crippen LogP contribution in [0.3, 0.4) is 0 Å². The number of aromatic nitrogens is 3. The number of hydrogen-bond acceptors (Lipinski definition) is 5. The predicted molar refractivity (Wildman–Crippen MR) is 110 cm³/mol. The molecule has 5 nitrogen and oxygen atoms in total. The molecule has 0 bridgehead atoms. The van der Waals surface area contributed by atoms with Crippen LogP contribution in [0.1, 0.15) is 10.4 Å². The number of thioether (sulfide) groups is 1. The lowest BCUT2D eigenvalue weighted by Crippen LogP contribution is -2.03. The number of carbonyl (C=O) groups excluding carboxylic acids is 1. The summed E-state index contributed by atoms with van der Waals surface area (Å²) >= 11 is 10.7. The molecule has 2 aromatic carbocycles. The molecule has 0 spiro atoms. The van der Waals surface area contributed by atoms with Crippen LogP contribution in [0.2, 0.25) is 5.02 Å². The normalized spacial score (nSPS) is 11.2. The van der Waals surface area contributed by atoms with Crippen molar-refractivity contribution in [3.63, 3.8) is 0 Å². The Bertz CT molecular complexity index is 1140. The number of nitrogens with zero attached hydrogens (tertiary/aromatic N) is 3. The molecule has 27 heavy (non-hydrogen) atoms. The van der Waals surface area contributed by atoms with Gasteiger partial charge in [-0.15, -0.1) is 10.2 Å². The Hall–Kier alpha value is -2.09. The van der Waals surface area contributed by atoms with Crippen molar-refractivity contribution in [3.8, 4) is 11.6 Å². The molecule has 0 saturated heterocycles. The Kier molecular flexibility index (Phi) is 5.08. The van der Waals surface area contributed by atoms with Crippen LogP contribution in [-0.4, -0.2) is 26.3 Å². The molecular weight excluding hydrogens is 450 g/mol. The number of hydrogen-bond donors (Lipinski definition) is 0. The van der Waals surface area contributed by atoms with E-state index in [0.717, 1.165) is 15.4 Å². The van der Waals surface area contributed by atoms with Gasteiger partial charge < -0.3 is 8.98 Å². The zero-order chi connectivity index (χ0) is 19.0. The first kappa shape index (κ1) is 18.3. The fraction of sp³-hybridized carbons (Fsp3) is 0.105. The summed E-state index contributed by atoms with van der Waals surface area (Å²) < 4.78 is 8.61. The maximum atomic E-state index is 12.3. The molecule has 0 radical (unpaired) electrons. The summed E-state index contributed by atoms with van der Waals surface area (Å²) in [6, 6.07) is 14.6. The second-order valence-electron chi connectivity index (χ2n) is 5.88. The van der Waals surface area contributed by atoms with Crippen molar-refractivity contribution in [1.82, 2.24) is 14.8 Å². The highest BCUT2D eigenvalue weighted by molar-refractivity contribution is 9.10. The summed E-state index contributed by atoms with van der Waals surface area (Å²) in [4.78, 5) is 12.3. The van der Waals surface area contributed by atoms with Crippen LogP contribution in [0.5, 0.6) is 0 Å². The van der Waals surface area contributed by atoms with E-state index in [0.29, 0.717) is 27.3 Å². The molecule has 0 unspecified atom stereocenters. The first-order valence-electron chi connectivity index (χ1n) is 8.02. The summed E-state index contributed by atoms with van der Waals surface area (Å²) in [5.41, 5.74) is 1.40. The molecule has 0 N–H and O–H groups in total. The van der Waals surface area contributed by atoms with Crippen molar-refractivity contribution in [2.45, 2.75) is 5.16 Å². The van der Waals surface area contributed by atoms with E-state index in [1.807, 2.05) is 41.9 Å². The van der Waals surface area contributed by atoms with Crippen LogP contribution >= 0.6 is 39.3 Å². The SMILES string of the molecule is Cn1c(SCC(=O)c2ccc(Br)cc2)nnc1-c1cc2cc(Cl)ccc2o1. The average Bonchev–Trinajstić information content (AvgIpc) is 3.23. The van der Waals surface area contributed by atoms with Gasteiger partial charge in [-0.3, -0.25) is 4.79 Å². The summed E-state index contributed by atoms with van der Waals surface area (Å²) in [6.45, 7) is 0. The molecule has 4 rings (SSSR count). The highest BCUT2D eigenvalue weighted by Crippen LogP contribution is 2.30. The second-order valence-corrected chi connectivity index (χ2v) is 8.17. The third-order valence-electron chi connectivity index (χ3n) is 4.03. The molecule has 2 aromatic heterocycles. The topological polar surface area (TPSA) is 60.9 Å². The molecule has 0 atom stereocenters.